The molecule has 0 heterocycles. The molecule has 2 rings (SSSR count). The first kappa shape index (κ1) is 12.5. The summed E-state index contributed by atoms with van der Waals surface area (Å²) in [7, 11) is 0. The van der Waals surface area contributed by atoms with Crippen molar-refractivity contribution in [3.8, 4) is 11.5 Å². The Labute approximate surface area is 108 Å². The van der Waals surface area contributed by atoms with E-state index in [9.17, 15) is 9.50 Å². The normalized spacial score (nSPS) is 10.3. The van der Waals surface area contributed by atoms with Crippen LogP contribution in [0.2, 0.25) is 5.02 Å². The maximum absolute atomic E-state index is 13.1. The van der Waals surface area contributed by atoms with Crippen molar-refractivity contribution in [3.63, 3.8) is 0 Å². The summed E-state index contributed by atoms with van der Waals surface area (Å²) in [6, 6.07) is 8.40. The van der Waals surface area contributed by atoms with Crippen LogP contribution >= 0.6 is 11.6 Å². The molecule has 0 saturated heterocycles. The van der Waals surface area contributed by atoms with Gasteiger partial charge in [0, 0.05) is 28.9 Å². The zero-order chi connectivity index (χ0) is 13.1. The van der Waals surface area contributed by atoms with Crippen molar-refractivity contribution < 1.29 is 14.6 Å². The number of hydrogen-bond donors (Lipinski definition) is 3. The molecule has 2 aromatic carbocycles. The number of aromatic hydroxyl groups is 2. The molecule has 0 atom stereocenters. The molecule has 94 valence electrons. The third kappa shape index (κ3) is 3.05. The molecule has 0 bridgehead atoms. The van der Waals surface area contributed by atoms with E-state index in [-0.39, 0.29) is 11.5 Å². The van der Waals surface area contributed by atoms with E-state index in [1.165, 1.54) is 24.3 Å². The van der Waals surface area contributed by atoms with Gasteiger partial charge >= 0.3 is 0 Å². The van der Waals surface area contributed by atoms with Crippen LogP contribution in [0.3, 0.4) is 0 Å². The third-order valence-electron chi connectivity index (χ3n) is 2.41. The van der Waals surface area contributed by atoms with Crippen molar-refractivity contribution in [1.29, 1.82) is 0 Å². The smallest absolute Gasteiger partial charge is 0.126 e. The van der Waals surface area contributed by atoms with Gasteiger partial charge in [0.1, 0.15) is 17.3 Å². The SMILES string of the molecule is Oc1ccc(CNc2cc(F)cc(Cl)c2)c(O)c1. The molecule has 0 spiro atoms. The van der Waals surface area contributed by atoms with Crippen LogP contribution in [0.25, 0.3) is 0 Å². The number of anilines is 1. The Morgan fingerprint density at radius 2 is 1.89 bits per heavy atom. The quantitative estimate of drug-likeness (QED) is 0.798. The summed E-state index contributed by atoms with van der Waals surface area (Å²) in [5.74, 6) is -0.463. The van der Waals surface area contributed by atoms with Crippen LogP contribution in [0.5, 0.6) is 11.5 Å². The van der Waals surface area contributed by atoms with Gasteiger partial charge in [0.25, 0.3) is 0 Å². The van der Waals surface area contributed by atoms with Gasteiger partial charge in [0.2, 0.25) is 0 Å². The van der Waals surface area contributed by atoms with Crippen molar-refractivity contribution in [3.05, 3.63) is 52.8 Å². The molecule has 3 nitrogen and oxygen atoms in total. The summed E-state index contributed by atoms with van der Waals surface area (Å²) in [4.78, 5) is 0. The number of rotatable bonds is 3. The van der Waals surface area contributed by atoms with E-state index < -0.39 is 5.82 Å². The van der Waals surface area contributed by atoms with Crippen LogP contribution in [0.4, 0.5) is 10.1 Å². The molecule has 0 fully saturated rings. The van der Waals surface area contributed by atoms with Crippen molar-refractivity contribution >= 4 is 17.3 Å². The lowest BCUT2D eigenvalue weighted by Gasteiger charge is -2.09. The van der Waals surface area contributed by atoms with E-state index >= 15 is 0 Å². The highest BCUT2D eigenvalue weighted by Crippen LogP contribution is 2.24. The highest BCUT2D eigenvalue weighted by atomic mass is 35.5. The maximum atomic E-state index is 13.1. The fourth-order valence-corrected chi connectivity index (χ4v) is 1.78. The number of phenols is 2. The Hall–Kier alpha value is -1.94. The van der Waals surface area contributed by atoms with Gasteiger partial charge in [-0.25, -0.2) is 4.39 Å². The minimum absolute atomic E-state index is 0.00921. The second kappa shape index (κ2) is 5.14. The van der Waals surface area contributed by atoms with Crippen molar-refractivity contribution in [2.75, 3.05) is 5.32 Å². The van der Waals surface area contributed by atoms with Crippen molar-refractivity contribution in [2.24, 2.45) is 0 Å². The van der Waals surface area contributed by atoms with E-state index in [1.807, 2.05) is 0 Å². The lowest BCUT2D eigenvalue weighted by Crippen LogP contribution is -2.00. The molecular weight excluding hydrogens is 257 g/mol. The van der Waals surface area contributed by atoms with Gasteiger partial charge in [-0.1, -0.05) is 11.6 Å². The zero-order valence-electron chi connectivity index (χ0n) is 9.32. The zero-order valence-corrected chi connectivity index (χ0v) is 10.1. The first-order valence-corrected chi connectivity index (χ1v) is 5.63. The van der Waals surface area contributed by atoms with Crippen LogP contribution < -0.4 is 5.32 Å². The monoisotopic (exact) mass is 267 g/mol. The molecule has 0 radical (unpaired) electrons. The summed E-state index contributed by atoms with van der Waals surface area (Å²) in [6.45, 7) is 0.298. The fourth-order valence-electron chi connectivity index (χ4n) is 1.55. The number of hydrogen-bond acceptors (Lipinski definition) is 3. The van der Waals surface area contributed by atoms with Crippen LogP contribution in [0.1, 0.15) is 5.56 Å². The molecule has 0 aliphatic carbocycles. The number of halogens is 2. The van der Waals surface area contributed by atoms with Crippen LogP contribution in [-0.4, -0.2) is 10.2 Å². The van der Waals surface area contributed by atoms with Gasteiger partial charge in [0.15, 0.2) is 0 Å². The summed E-state index contributed by atoms with van der Waals surface area (Å²) in [5.41, 5.74) is 1.11. The van der Waals surface area contributed by atoms with Gasteiger partial charge < -0.3 is 15.5 Å². The van der Waals surface area contributed by atoms with Crippen molar-refractivity contribution in [1.82, 2.24) is 0 Å². The molecular formula is C13H11ClFNO2. The molecule has 2 aromatic rings. The minimum atomic E-state index is -0.431. The Morgan fingerprint density at radius 1 is 1.11 bits per heavy atom. The molecule has 0 unspecified atom stereocenters. The molecule has 0 amide bonds. The Morgan fingerprint density at radius 3 is 2.56 bits per heavy atom. The second-order valence-corrected chi connectivity index (χ2v) is 4.26. The number of phenolic OH excluding ortho intramolecular Hbond substituents is 2. The summed E-state index contributed by atoms with van der Waals surface area (Å²) >= 11 is 5.72. The lowest BCUT2D eigenvalue weighted by molar-refractivity contribution is 0.446. The van der Waals surface area contributed by atoms with Crippen LogP contribution in [0, 0.1) is 5.82 Å². The van der Waals surface area contributed by atoms with Gasteiger partial charge in [0.05, 0.1) is 0 Å². The van der Waals surface area contributed by atoms with E-state index in [4.69, 9.17) is 16.7 Å². The topological polar surface area (TPSA) is 52.5 Å². The van der Waals surface area contributed by atoms with Gasteiger partial charge in [-0.3, -0.25) is 0 Å². The highest BCUT2D eigenvalue weighted by Gasteiger charge is 2.03. The molecule has 0 aromatic heterocycles. The van der Waals surface area contributed by atoms with Crippen LogP contribution in [-0.2, 0) is 6.54 Å². The Kier molecular flexibility index (Phi) is 3.58. The average molecular weight is 268 g/mol. The fraction of sp³-hybridized carbons (Fsp3) is 0.0769. The first-order valence-electron chi connectivity index (χ1n) is 5.25. The molecule has 0 aliphatic heterocycles. The number of nitrogens with one attached hydrogen (secondary N) is 1. The molecule has 0 aliphatic rings. The largest absolute Gasteiger partial charge is 0.508 e. The third-order valence-corrected chi connectivity index (χ3v) is 2.63. The standard InChI is InChI=1S/C13H11ClFNO2/c14-9-3-10(15)5-11(4-9)16-7-8-1-2-12(17)6-13(8)18/h1-6,16-18H,7H2. The van der Waals surface area contributed by atoms with Gasteiger partial charge in [-0.05, 0) is 30.3 Å². The van der Waals surface area contributed by atoms with Crippen molar-refractivity contribution in [2.45, 2.75) is 6.54 Å². The minimum Gasteiger partial charge on any atom is -0.508 e. The first-order chi connectivity index (χ1) is 8.54. The summed E-state index contributed by atoms with van der Waals surface area (Å²) in [5, 5.41) is 22.0. The van der Waals surface area contributed by atoms with E-state index in [0.29, 0.717) is 22.8 Å². The van der Waals surface area contributed by atoms with E-state index in [1.54, 1.807) is 12.1 Å². The summed E-state index contributed by atoms with van der Waals surface area (Å²) in [6.07, 6.45) is 0. The van der Waals surface area contributed by atoms with E-state index in [2.05, 4.69) is 5.32 Å². The van der Waals surface area contributed by atoms with E-state index in [0.717, 1.165) is 0 Å². The lowest BCUT2D eigenvalue weighted by atomic mass is 10.2. The molecule has 3 N–H and O–H groups in total. The Balaban J connectivity index is 2.11. The molecule has 18 heavy (non-hydrogen) atoms. The molecule has 5 heteroatoms. The van der Waals surface area contributed by atoms with Gasteiger partial charge in [-0.2, -0.15) is 0 Å². The summed E-state index contributed by atoms with van der Waals surface area (Å²) < 4.78 is 13.1. The Bertz CT molecular complexity index is 555. The predicted octanol–water partition coefficient (Wildman–Crippen LogP) is 3.50. The highest BCUT2D eigenvalue weighted by molar-refractivity contribution is 6.30. The van der Waals surface area contributed by atoms with Crippen LogP contribution in [0.15, 0.2) is 36.4 Å². The molecule has 0 saturated carbocycles. The van der Waals surface area contributed by atoms with Gasteiger partial charge in [-0.15, -0.1) is 0 Å². The predicted molar refractivity (Wildman–Crippen MR) is 68.5 cm³/mol. The second-order valence-electron chi connectivity index (χ2n) is 3.82. The maximum Gasteiger partial charge on any atom is 0.126 e. The average Bonchev–Trinajstić information content (AvgIpc) is 2.26. The number of benzene rings is 2.